The third-order valence-corrected chi connectivity index (χ3v) is 3.72. The van der Waals surface area contributed by atoms with E-state index in [4.69, 9.17) is 10.7 Å². The summed E-state index contributed by atoms with van der Waals surface area (Å²) in [7, 11) is 1.05. The van der Waals surface area contributed by atoms with Crippen molar-refractivity contribution in [1.82, 2.24) is 4.90 Å². The average Bonchev–Trinajstić information content (AvgIpc) is 2.36. The monoisotopic (exact) mass is 317 g/mol. The van der Waals surface area contributed by atoms with Gasteiger partial charge < -0.3 is 4.90 Å². The van der Waals surface area contributed by atoms with Gasteiger partial charge in [0.15, 0.2) is 0 Å². The summed E-state index contributed by atoms with van der Waals surface area (Å²) in [5, 5.41) is 0. The first-order valence-electron chi connectivity index (χ1n) is 5.56. The molecular formula is C13H13ClFNO3S. The average molecular weight is 318 g/mol. The van der Waals surface area contributed by atoms with Crippen LogP contribution < -0.4 is 0 Å². The van der Waals surface area contributed by atoms with Gasteiger partial charge >= 0.3 is 0 Å². The van der Waals surface area contributed by atoms with Crippen molar-refractivity contribution in [3.05, 3.63) is 54.9 Å². The summed E-state index contributed by atoms with van der Waals surface area (Å²) >= 11 is 0. The van der Waals surface area contributed by atoms with Gasteiger partial charge in [0.05, 0.1) is 4.90 Å². The van der Waals surface area contributed by atoms with Crippen LogP contribution in [-0.2, 0) is 9.05 Å². The Morgan fingerprint density at radius 3 is 2.25 bits per heavy atom. The van der Waals surface area contributed by atoms with Gasteiger partial charge in [-0.1, -0.05) is 12.2 Å². The predicted octanol–water partition coefficient (Wildman–Crippen LogP) is 2.57. The highest BCUT2D eigenvalue weighted by Gasteiger charge is 2.19. The van der Waals surface area contributed by atoms with Crippen LogP contribution in [0.4, 0.5) is 4.39 Å². The minimum absolute atomic E-state index is 0.104. The van der Waals surface area contributed by atoms with Gasteiger partial charge in [-0.05, 0) is 18.2 Å². The fourth-order valence-electron chi connectivity index (χ4n) is 1.56. The zero-order valence-corrected chi connectivity index (χ0v) is 12.1. The van der Waals surface area contributed by atoms with E-state index < -0.39 is 25.7 Å². The first-order chi connectivity index (χ1) is 9.29. The normalized spacial score (nSPS) is 10.9. The largest absolute Gasteiger partial charge is 0.331 e. The topological polar surface area (TPSA) is 54.5 Å². The summed E-state index contributed by atoms with van der Waals surface area (Å²) in [6, 6.07) is 2.74. The van der Waals surface area contributed by atoms with Crippen molar-refractivity contribution < 1.29 is 17.6 Å². The standard InChI is InChI=1S/C13H13ClFNO3S/c1-3-5-16(6-4-2)13(17)10-7-11(15)9-12(8-10)20(14,18)19/h3-4,7-9H,1-2,5-6H2. The van der Waals surface area contributed by atoms with E-state index in [2.05, 4.69) is 13.2 Å². The smallest absolute Gasteiger partial charge is 0.261 e. The summed E-state index contributed by atoms with van der Waals surface area (Å²) in [6.07, 6.45) is 3.00. The summed E-state index contributed by atoms with van der Waals surface area (Å²) in [4.78, 5) is 13.1. The molecule has 0 atom stereocenters. The molecule has 0 aliphatic rings. The van der Waals surface area contributed by atoms with Crippen molar-refractivity contribution in [2.45, 2.75) is 4.90 Å². The van der Waals surface area contributed by atoms with Crippen LogP contribution in [0.2, 0.25) is 0 Å². The van der Waals surface area contributed by atoms with E-state index >= 15 is 0 Å². The first kappa shape index (κ1) is 16.4. The number of nitrogens with zero attached hydrogens (tertiary/aromatic N) is 1. The molecule has 0 bridgehead atoms. The summed E-state index contributed by atoms with van der Waals surface area (Å²) < 4.78 is 35.9. The third-order valence-electron chi connectivity index (χ3n) is 2.39. The van der Waals surface area contributed by atoms with Gasteiger partial charge in [0.25, 0.3) is 15.0 Å². The van der Waals surface area contributed by atoms with Crippen molar-refractivity contribution in [1.29, 1.82) is 0 Å². The molecule has 0 aliphatic heterocycles. The van der Waals surface area contributed by atoms with Crippen LogP contribution in [0.3, 0.4) is 0 Å². The van der Waals surface area contributed by atoms with Crippen LogP contribution in [0.15, 0.2) is 48.4 Å². The molecule has 0 aromatic heterocycles. The van der Waals surface area contributed by atoms with Gasteiger partial charge in [0.1, 0.15) is 5.82 Å². The van der Waals surface area contributed by atoms with Gasteiger partial charge in [0, 0.05) is 29.3 Å². The van der Waals surface area contributed by atoms with E-state index in [1.54, 1.807) is 0 Å². The molecule has 4 nitrogen and oxygen atoms in total. The highest BCUT2D eigenvalue weighted by Crippen LogP contribution is 2.19. The van der Waals surface area contributed by atoms with Crippen molar-refractivity contribution in [2.75, 3.05) is 13.1 Å². The summed E-state index contributed by atoms with van der Waals surface area (Å²) in [6.45, 7) is 7.48. The van der Waals surface area contributed by atoms with E-state index in [1.807, 2.05) is 0 Å². The fraction of sp³-hybridized carbons (Fsp3) is 0.154. The Hall–Kier alpha value is -1.66. The Kier molecular flexibility index (Phi) is 5.47. The molecule has 1 rings (SSSR count). The Balaban J connectivity index is 3.24. The SMILES string of the molecule is C=CCN(CC=C)C(=O)c1cc(F)cc(S(=O)(=O)Cl)c1. The number of hydrogen-bond acceptors (Lipinski definition) is 3. The zero-order valence-electron chi connectivity index (χ0n) is 10.6. The van der Waals surface area contributed by atoms with Crippen LogP contribution >= 0.6 is 10.7 Å². The Morgan fingerprint density at radius 2 is 1.80 bits per heavy atom. The molecule has 0 aliphatic carbocycles. The lowest BCUT2D eigenvalue weighted by atomic mass is 10.2. The molecular weight excluding hydrogens is 305 g/mol. The second kappa shape index (κ2) is 6.67. The fourth-order valence-corrected chi connectivity index (χ4v) is 2.35. The Morgan fingerprint density at radius 1 is 1.25 bits per heavy atom. The van der Waals surface area contributed by atoms with Crippen LogP contribution in [0.1, 0.15) is 10.4 Å². The lowest BCUT2D eigenvalue weighted by Gasteiger charge is -2.19. The molecule has 0 saturated carbocycles. The minimum Gasteiger partial charge on any atom is -0.331 e. The second-order valence-corrected chi connectivity index (χ2v) is 6.47. The number of benzene rings is 1. The molecule has 108 valence electrons. The van der Waals surface area contributed by atoms with Crippen LogP contribution in [-0.4, -0.2) is 32.3 Å². The Bertz CT molecular complexity index is 633. The Labute approximate surface area is 121 Å². The number of carbonyl (C=O) groups excluding carboxylic acids is 1. The molecule has 0 saturated heterocycles. The minimum atomic E-state index is -4.11. The first-order valence-corrected chi connectivity index (χ1v) is 7.87. The molecule has 7 heteroatoms. The van der Waals surface area contributed by atoms with Crippen LogP contribution in [0, 0.1) is 5.82 Å². The maximum atomic E-state index is 13.4. The lowest BCUT2D eigenvalue weighted by molar-refractivity contribution is 0.0790. The highest BCUT2D eigenvalue weighted by molar-refractivity contribution is 8.13. The van der Waals surface area contributed by atoms with Gasteiger partial charge in [-0.3, -0.25) is 4.79 Å². The van der Waals surface area contributed by atoms with Gasteiger partial charge in [-0.15, -0.1) is 13.2 Å². The molecule has 1 amide bonds. The molecule has 1 aromatic carbocycles. The number of halogens is 2. The van der Waals surface area contributed by atoms with Gasteiger partial charge in [0.2, 0.25) is 0 Å². The predicted molar refractivity (Wildman–Crippen MR) is 75.7 cm³/mol. The maximum Gasteiger partial charge on any atom is 0.261 e. The van der Waals surface area contributed by atoms with E-state index in [-0.39, 0.29) is 18.7 Å². The van der Waals surface area contributed by atoms with Crippen LogP contribution in [0.5, 0.6) is 0 Å². The third kappa shape index (κ3) is 4.18. The number of amides is 1. The molecule has 1 aromatic rings. The van der Waals surface area contributed by atoms with Gasteiger partial charge in [-0.2, -0.15) is 0 Å². The number of carbonyl (C=O) groups is 1. The molecule has 0 heterocycles. The second-order valence-electron chi connectivity index (χ2n) is 3.90. The molecule has 0 spiro atoms. The molecule has 0 N–H and O–H groups in total. The lowest BCUT2D eigenvalue weighted by Crippen LogP contribution is -2.31. The molecule has 20 heavy (non-hydrogen) atoms. The summed E-state index contributed by atoms with van der Waals surface area (Å²) in [5.41, 5.74) is -0.104. The van der Waals surface area contributed by atoms with E-state index in [0.29, 0.717) is 0 Å². The van der Waals surface area contributed by atoms with Crippen molar-refractivity contribution >= 4 is 25.6 Å². The van der Waals surface area contributed by atoms with E-state index in [9.17, 15) is 17.6 Å². The van der Waals surface area contributed by atoms with E-state index in [0.717, 1.165) is 18.2 Å². The molecule has 0 fully saturated rings. The quantitative estimate of drug-likeness (QED) is 0.598. The number of rotatable bonds is 6. The van der Waals surface area contributed by atoms with Crippen molar-refractivity contribution in [2.24, 2.45) is 0 Å². The molecule has 0 unspecified atom stereocenters. The highest BCUT2D eigenvalue weighted by atomic mass is 35.7. The van der Waals surface area contributed by atoms with Crippen LogP contribution in [0.25, 0.3) is 0 Å². The number of hydrogen-bond donors (Lipinski definition) is 0. The van der Waals surface area contributed by atoms with Crippen molar-refractivity contribution in [3.63, 3.8) is 0 Å². The van der Waals surface area contributed by atoms with E-state index in [1.165, 1.54) is 17.1 Å². The molecule has 0 radical (unpaired) electrons. The van der Waals surface area contributed by atoms with Gasteiger partial charge in [-0.25, -0.2) is 12.8 Å². The zero-order chi connectivity index (χ0) is 15.3. The maximum absolute atomic E-state index is 13.4. The summed E-state index contributed by atoms with van der Waals surface area (Å²) in [5.74, 6) is -1.39. The van der Waals surface area contributed by atoms with Crippen molar-refractivity contribution in [3.8, 4) is 0 Å².